The van der Waals surface area contributed by atoms with Gasteiger partial charge in [0, 0.05) is 30.8 Å². The molecule has 1 N–H and O–H groups in total. The van der Waals surface area contributed by atoms with E-state index in [1.807, 2.05) is 36.2 Å². The first-order chi connectivity index (χ1) is 9.36. The molecular formula is C16H20N2S. The van der Waals surface area contributed by atoms with Gasteiger partial charge in [-0.1, -0.05) is 30.3 Å². The third kappa shape index (κ3) is 5.05. The smallest absolute Gasteiger partial charge is 0.0541 e. The number of benzene rings is 1. The highest BCUT2D eigenvalue weighted by molar-refractivity contribution is 7.98. The van der Waals surface area contributed by atoms with E-state index in [1.165, 1.54) is 11.1 Å². The summed E-state index contributed by atoms with van der Waals surface area (Å²) in [5.41, 5.74) is 3.93. The summed E-state index contributed by atoms with van der Waals surface area (Å²) in [5.74, 6) is 2.22. The maximum atomic E-state index is 4.29. The second-order valence-electron chi connectivity index (χ2n) is 4.48. The molecule has 1 aromatic heterocycles. The summed E-state index contributed by atoms with van der Waals surface area (Å²) >= 11 is 1.97. The number of aryl methyl sites for hydroxylation is 1. The Hall–Kier alpha value is -1.32. The lowest BCUT2D eigenvalue weighted by atomic mass is 10.1. The third-order valence-corrected chi connectivity index (χ3v) is 3.98. The average Bonchev–Trinajstić information content (AvgIpc) is 2.45. The first kappa shape index (κ1) is 14.1. The highest BCUT2D eigenvalue weighted by Gasteiger charge is 1.97. The van der Waals surface area contributed by atoms with Gasteiger partial charge in [-0.2, -0.15) is 11.8 Å². The molecule has 0 unspecified atom stereocenters. The lowest BCUT2D eigenvalue weighted by Gasteiger charge is -2.06. The molecule has 0 radical (unpaired) electrons. The normalized spacial score (nSPS) is 10.6. The molecule has 3 heteroatoms. The second kappa shape index (κ2) is 7.97. The highest BCUT2D eigenvalue weighted by Crippen LogP contribution is 2.15. The van der Waals surface area contributed by atoms with Crippen LogP contribution in [0.15, 0.2) is 48.7 Å². The molecule has 0 amide bonds. The zero-order valence-electron chi connectivity index (χ0n) is 11.3. The Labute approximate surface area is 119 Å². The van der Waals surface area contributed by atoms with Crippen molar-refractivity contribution in [1.29, 1.82) is 0 Å². The number of aromatic nitrogens is 1. The lowest BCUT2D eigenvalue weighted by Crippen LogP contribution is -2.17. The van der Waals surface area contributed by atoms with Crippen molar-refractivity contribution in [2.45, 2.75) is 19.2 Å². The number of thioether (sulfide) groups is 1. The first-order valence-electron chi connectivity index (χ1n) is 6.59. The Kier molecular flexibility index (Phi) is 5.92. The van der Waals surface area contributed by atoms with Crippen LogP contribution in [0.4, 0.5) is 0 Å². The Morgan fingerprint density at radius 3 is 2.74 bits per heavy atom. The zero-order valence-corrected chi connectivity index (χ0v) is 12.1. The van der Waals surface area contributed by atoms with Crippen molar-refractivity contribution in [3.05, 3.63) is 65.5 Å². The number of hydrogen-bond acceptors (Lipinski definition) is 3. The molecule has 2 nitrogen and oxygen atoms in total. The maximum Gasteiger partial charge on any atom is 0.0541 e. The van der Waals surface area contributed by atoms with Crippen LogP contribution in [0.3, 0.4) is 0 Å². The molecule has 19 heavy (non-hydrogen) atoms. The minimum absolute atomic E-state index is 0.853. The summed E-state index contributed by atoms with van der Waals surface area (Å²) in [7, 11) is 0. The van der Waals surface area contributed by atoms with Crippen molar-refractivity contribution in [2.24, 2.45) is 0 Å². The minimum atomic E-state index is 0.853. The maximum absolute atomic E-state index is 4.29. The summed E-state index contributed by atoms with van der Waals surface area (Å²) < 4.78 is 0. The molecule has 0 aliphatic carbocycles. The van der Waals surface area contributed by atoms with Crippen LogP contribution in [0.2, 0.25) is 0 Å². The molecule has 0 aliphatic rings. The summed E-state index contributed by atoms with van der Waals surface area (Å²) in [6.45, 7) is 4.05. The Bertz CT molecular complexity index is 485. The molecule has 2 aromatic rings. The molecule has 0 atom stereocenters. The van der Waals surface area contributed by atoms with E-state index in [4.69, 9.17) is 0 Å². The molecule has 1 heterocycles. The number of pyridine rings is 1. The van der Waals surface area contributed by atoms with Crippen LogP contribution in [0.25, 0.3) is 0 Å². The fourth-order valence-electron chi connectivity index (χ4n) is 1.82. The van der Waals surface area contributed by atoms with Crippen molar-refractivity contribution < 1.29 is 0 Å². The van der Waals surface area contributed by atoms with Gasteiger partial charge in [-0.05, 0) is 30.2 Å². The van der Waals surface area contributed by atoms with Gasteiger partial charge in [-0.15, -0.1) is 0 Å². The van der Waals surface area contributed by atoms with E-state index >= 15 is 0 Å². The molecule has 0 bridgehead atoms. The van der Waals surface area contributed by atoms with Crippen LogP contribution in [0, 0.1) is 6.92 Å². The quantitative estimate of drug-likeness (QED) is 0.782. The number of hydrogen-bond donors (Lipinski definition) is 1. The molecule has 0 fully saturated rings. The Morgan fingerprint density at radius 1 is 1.11 bits per heavy atom. The Balaban J connectivity index is 1.59. The van der Waals surface area contributed by atoms with Gasteiger partial charge >= 0.3 is 0 Å². The number of nitrogens with one attached hydrogen (secondary N) is 1. The fraction of sp³-hybridized carbons (Fsp3) is 0.312. The predicted molar refractivity (Wildman–Crippen MR) is 83.3 cm³/mol. The topological polar surface area (TPSA) is 24.9 Å². The van der Waals surface area contributed by atoms with Gasteiger partial charge in [-0.25, -0.2) is 0 Å². The number of nitrogens with zero attached hydrogens (tertiary/aromatic N) is 1. The van der Waals surface area contributed by atoms with E-state index in [-0.39, 0.29) is 0 Å². The van der Waals surface area contributed by atoms with E-state index in [0.717, 1.165) is 30.3 Å². The highest BCUT2D eigenvalue weighted by atomic mass is 32.2. The van der Waals surface area contributed by atoms with Crippen LogP contribution in [0.1, 0.15) is 16.8 Å². The van der Waals surface area contributed by atoms with Crippen LogP contribution in [-0.4, -0.2) is 17.3 Å². The van der Waals surface area contributed by atoms with Crippen molar-refractivity contribution in [1.82, 2.24) is 10.3 Å². The molecule has 0 saturated carbocycles. The van der Waals surface area contributed by atoms with Gasteiger partial charge in [0.25, 0.3) is 0 Å². The SMILES string of the molecule is Cc1ccccc1CSCCNCc1ccccn1. The molecule has 2 rings (SSSR count). The van der Waals surface area contributed by atoms with Crippen molar-refractivity contribution in [3.63, 3.8) is 0 Å². The summed E-state index contributed by atoms with van der Waals surface area (Å²) in [6.07, 6.45) is 1.84. The van der Waals surface area contributed by atoms with Gasteiger partial charge in [0.2, 0.25) is 0 Å². The van der Waals surface area contributed by atoms with Crippen LogP contribution in [0.5, 0.6) is 0 Å². The number of rotatable bonds is 7. The summed E-state index contributed by atoms with van der Waals surface area (Å²) in [5, 5.41) is 3.42. The van der Waals surface area contributed by atoms with E-state index in [0.29, 0.717) is 0 Å². The fourth-order valence-corrected chi connectivity index (χ4v) is 2.79. The van der Waals surface area contributed by atoms with Gasteiger partial charge in [0.15, 0.2) is 0 Å². The summed E-state index contributed by atoms with van der Waals surface area (Å²) in [4.78, 5) is 4.29. The van der Waals surface area contributed by atoms with Crippen LogP contribution < -0.4 is 5.32 Å². The second-order valence-corrected chi connectivity index (χ2v) is 5.58. The average molecular weight is 272 g/mol. The first-order valence-corrected chi connectivity index (χ1v) is 7.74. The van der Waals surface area contributed by atoms with Crippen LogP contribution >= 0.6 is 11.8 Å². The van der Waals surface area contributed by atoms with Crippen molar-refractivity contribution >= 4 is 11.8 Å². The molecular weight excluding hydrogens is 252 g/mol. The van der Waals surface area contributed by atoms with E-state index in [1.54, 1.807) is 0 Å². The molecule has 0 spiro atoms. The molecule has 1 aromatic carbocycles. The van der Waals surface area contributed by atoms with E-state index in [2.05, 4.69) is 41.5 Å². The van der Waals surface area contributed by atoms with Crippen molar-refractivity contribution in [2.75, 3.05) is 12.3 Å². The standard InChI is InChI=1S/C16H20N2S/c1-14-6-2-3-7-15(14)13-19-11-10-17-12-16-8-4-5-9-18-16/h2-9,17H,10-13H2,1H3. The zero-order chi connectivity index (χ0) is 13.3. The van der Waals surface area contributed by atoms with Gasteiger partial charge in [0.1, 0.15) is 0 Å². The molecule has 100 valence electrons. The van der Waals surface area contributed by atoms with Gasteiger partial charge in [-0.3, -0.25) is 4.98 Å². The molecule has 0 saturated heterocycles. The lowest BCUT2D eigenvalue weighted by molar-refractivity contribution is 0.715. The monoisotopic (exact) mass is 272 g/mol. The van der Waals surface area contributed by atoms with Crippen molar-refractivity contribution in [3.8, 4) is 0 Å². The predicted octanol–water partition coefficient (Wildman–Crippen LogP) is 3.41. The van der Waals surface area contributed by atoms with E-state index < -0.39 is 0 Å². The van der Waals surface area contributed by atoms with Crippen LogP contribution in [-0.2, 0) is 12.3 Å². The minimum Gasteiger partial charge on any atom is -0.310 e. The van der Waals surface area contributed by atoms with Gasteiger partial charge < -0.3 is 5.32 Å². The Morgan fingerprint density at radius 2 is 1.95 bits per heavy atom. The molecule has 0 aliphatic heterocycles. The van der Waals surface area contributed by atoms with Gasteiger partial charge in [0.05, 0.1) is 5.69 Å². The summed E-state index contributed by atoms with van der Waals surface area (Å²) in [6, 6.07) is 14.6. The third-order valence-electron chi connectivity index (χ3n) is 2.97. The largest absolute Gasteiger partial charge is 0.310 e. The van der Waals surface area contributed by atoms with E-state index in [9.17, 15) is 0 Å².